The van der Waals surface area contributed by atoms with E-state index in [1.165, 1.54) is 10.6 Å². The van der Waals surface area contributed by atoms with Crippen LogP contribution >= 0.6 is 0 Å². The summed E-state index contributed by atoms with van der Waals surface area (Å²) in [4.78, 5) is 15.3. The Balaban J connectivity index is 1.34. The largest absolute Gasteiger partial charge is 0.398 e. The van der Waals surface area contributed by atoms with E-state index in [-0.39, 0.29) is 6.04 Å². The van der Waals surface area contributed by atoms with Gasteiger partial charge in [0.1, 0.15) is 11.5 Å². The van der Waals surface area contributed by atoms with Crippen molar-refractivity contribution in [1.29, 1.82) is 0 Å². The van der Waals surface area contributed by atoms with Crippen LogP contribution in [-0.4, -0.2) is 62.1 Å². The molecular formula is C26H35FN8. The highest BCUT2D eigenvalue weighted by Crippen LogP contribution is 2.40. The zero-order chi connectivity index (χ0) is 25.0. The van der Waals surface area contributed by atoms with Gasteiger partial charge in [0.2, 0.25) is 0 Å². The normalized spacial score (nSPS) is 25.8. The topological polar surface area (TPSA) is 108 Å². The molecule has 0 radical (unpaired) electrons. The summed E-state index contributed by atoms with van der Waals surface area (Å²) < 4.78 is 13.7. The Hall–Kier alpha value is -3.30. The van der Waals surface area contributed by atoms with E-state index < -0.39 is 5.67 Å². The van der Waals surface area contributed by atoms with Gasteiger partial charge in [0.05, 0.1) is 17.4 Å². The number of nitrogens with one attached hydrogen (secondary N) is 1. The van der Waals surface area contributed by atoms with Crippen LogP contribution in [-0.2, 0) is 0 Å². The van der Waals surface area contributed by atoms with Crippen molar-refractivity contribution in [3.05, 3.63) is 59.6 Å². The lowest BCUT2D eigenvalue weighted by Gasteiger charge is -2.38. The lowest BCUT2D eigenvalue weighted by molar-refractivity contribution is 0.0262. The molecule has 35 heavy (non-hydrogen) atoms. The number of aliphatic imine (C=N–C) groups is 3. The fraction of sp³-hybridized carbons (Fsp3) is 0.423. The highest BCUT2D eigenvalue weighted by molar-refractivity contribution is 5.97. The molecule has 1 atom stereocenters. The summed E-state index contributed by atoms with van der Waals surface area (Å²) in [6.45, 7) is 7.78. The van der Waals surface area contributed by atoms with E-state index in [4.69, 9.17) is 16.6 Å². The number of hydrazine groups is 1. The molecule has 1 aromatic rings. The van der Waals surface area contributed by atoms with Gasteiger partial charge in [-0.1, -0.05) is 12.1 Å². The Bertz CT molecular complexity index is 1090. The number of hydrogen-bond donors (Lipinski definition) is 3. The van der Waals surface area contributed by atoms with Crippen LogP contribution in [0, 0.1) is 5.92 Å². The van der Waals surface area contributed by atoms with Gasteiger partial charge in [-0.25, -0.2) is 10.2 Å². The van der Waals surface area contributed by atoms with Crippen LogP contribution in [0.1, 0.15) is 31.7 Å². The van der Waals surface area contributed by atoms with Crippen molar-refractivity contribution in [2.24, 2.45) is 26.7 Å². The Morgan fingerprint density at radius 3 is 2.91 bits per heavy atom. The minimum atomic E-state index is -0.971. The van der Waals surface area contributed by atoms with Crippen molar-refractivity contribution in [2.45, 2.75) is 37.9 Å². The molecule has 0 bridgehead atoms. The number of rotatable bonds is 10. The van der Waals surface area contributed by atoms with Crippen molar-refractivity contribution in [1.82, 2.24) is 10.2 Å². The number of nitrogen functional groups attached to an aromatic ring is 1. The van der Waals surface area contributed by atoms with Crippen LogP contribution in [0.3, 0.4) is 0 Å². The summed E-state index contributed by atoms with van der Waals surface area (Å²) >= 11 is 0. The van der Waals surface area contributed by atoms with Crippen LogP contribution in [0.2, 0.25) is 0 Å². The number of alkyl halides is 1. The first kappa shape index (κ1) is 24.8. The van der Waals surface area contributed by atoms with Crippen LogP contribution in [0.25, 0.3) is 0 Å². The van der Waals surface area contributed by atoms with Crippen LogP contribution in [0.15, 0.2) is 69.0 Å². The molecule has 1 aromatic carbocycles. The molecule has 3 aliphatic rings. The molecule has 1 unspecified atom stereocenters. The SMILES string of the molecule is C=N/C(=C\N(N)c1cccc(N)c1/C=N\C)CC1CN2C=C(CNCC3CC(C)(F)C3)C=CC2=N1. The lowest BCUT2D eigenvalue weighted by Crippen LogP contribution is -2.42. The molecule has 1 fully saturated rings. The highest BCUT2D eigenvalue weighted by atomic mass is 19.1. The number of nitrogens with two attached hydrogens (primary N) is 2. The van der Waals surface area contributed by atoms with Gasteiger partial charge in [-0.2, -0.15) is 0 Å². The van der Waals surface area contributed by atoms with Gasteiger partial charge in [0, 0.05) is 56.4 Å². The molecule has 0 amide bonds. The average molecular weight is 479 g/mol. The maximum atomic E-state index is 13.7. The molecular weight excluding hydrogens is 443 g/mol. The highest BCUT2D eigenvalue weighted by Gasteiger charge is 2.39. The predicted octanol–water partition coefficient (Wildman–Crippen LogP) is 3.19. The van der Waals surface area contributed by atoms with Gasteiger partial charge >= 0.3 is 0 Å². The Morgan fingerprint density at radius 2 is 2.20 bits per heavy atom. The van der Waals surface area contributed by atoms with E-state index >= 15 is 0 Å². The van der Waals surface area contributed by atoms with Crippen LogP contribution < -0.4 is 21.9 Å². The van der Waals surface area contributed by atoms with Gasteiger partial charge < -0.3 is 16.0 Å². The number of nitrogens with zero attached hydrogens (tertiary/aromatic N) is 5. The van der Waals surface area contributed by atoms with Crippen molar-refractivity contribution >= 4 is 30.1 Å². The number of benzene rings is 1. The summed E-state index contributed by atoms with van der Waals surface area (Å²) in [6, 6.07) is 5.58. The first-order valence-electron chi connectivity index (χ1n) is 11.9. The molecule has 9 heteroatoms. The maximum Gasteiger partial charge on any atom is 0.127 e. The fourth-order valence-corrected chi connectivity index (χ4v) is 4.92. The molecule has 0 saturated heterocycles. The van der Waals surface area contributed by atoms with E-state index in [2.05, 4.69) is 39.2 Å². The minimum absolute atomic E-state index is 0.0399. The van der Waals surface area contributed by atoms with E-state index in [1.807, 2.05) is 24.3 Å². The quantitative estimate of drug-likeness (QED) is 0.207. The first-order chi connectivity index (χ1) is 16.8. The Kier molecular flexibility index (Phi) is 7.47. The van der Waals surface area contributed by atoms with Gasteiger partial charge in [0.15, 0.2) is 0 Å². The zero-order valence-electron chi connectivity index (χ0n) is 20.5. The van der Waals surface area contributed by atoms with E-state index in [9.17, 15) is 4.39 Å². The summed E-state index contributed by atoms with van der Waals surface area (Å²) in [6.07, 6.45) is 11.6. The van der Waals surface area contributed by atoms with Crippen LogP contribution in [0.5, 0.6) is 0 Å². The molecule has 0 aromatic heterocycles. The summed E-state index contributed by atoms with van der Waals surface area (Å²) in [5, 5.41) is 4.96. The zero-order valence-corrected chi connectivity index (χ0v) is 20.5. The average Bonchev–Trinajstić information content (AvgIpc) is 3.20. The summed E-state index contributed by atoms with van der Waals surface area (Å²) in [5.74, 6) is 7.71. The molecule has 5 N–H and O–H groups in total. The van der Waals surface area contributed by atoms with E-state index in [0.29, 0.717) is 30.9 Å². The molecule has 2 heterocycles. The van der Waals surface area contributed by atoms with Crippen LogP contribution in [0.4, 0.5) is 15.8 Å². The molecule has 2 aliphatic heterocycles. The van der Waals surface area contributed by atoms with Gasteiger partial charge in [-0.05, 0) is 62.7 Å². The van der Waals surface area contributed by atoms with Crippen molar-refractivity contribution in [3.63, 3.8) is 0 Å². The Morgan fingerprint density at radius 1 is 1.40 bits per heavy atom. The molecule has 8 nitrogen and oxygen atoms in total. The Labute approximate surface area is 206 Å². The molecule has 0 spiro atoms. The maximum absolute atomic E-state index is 13.7. The fourth-order valence-electron chi connectivity index (χ4n) is 4.92. The smallest absolute Gasteiger partial charge is 0.127 e. The molecule has 1 aliphatic carbocycles. The van der Waals surface area contributed by atoms with Gasteiger partial charge in [0.25, 0.3) is 0 Å². The summed E-state index contributed by atoms with van der Waals surface area (Å²) in [5.41, 5.74) is 9.13. The number of fused-ring (bicyclic) bond motifs is 1. The predicted molar refractivity (Wildman–Crippen MR) is 144 cm³/mol. The first-order valence-corrected chi connectivity index (χ1v) is 11.9. The number of halogens is 1. The van der Waals surface area contributed by atoms with Gasteiger partial charge in [-0.15, -0.1) is 0 Å². The minimum Gasteiger partial charge on any atom is -0.398 e. The molecule has 186 valence electrons. The van der Waals surface area contributed by atoms with E-state index in [0.717, 1.165) is 42.4 Å². The second kappa shape index (κ2) is 10.5. The third-order valence-corrected chi connectivity index (χ3v) is 6.56. The number of hydrogen-bond acceptors (Lipinski definition) is 8. The monoisotopic (exact) mass is 478 g/mol. The van der Waals surface area contributed by atoms with Crippen molar-refractivity contribution in [2.75, 3.05) is 37.4 Å². The third-order valence-electron chi connectivity index (χ3n) is 6.56. The van der Waals surface area contributed by atoms with E-state index in [1.54, 1.807) is 26.4 Å². The van der Waals surface area contributed by atoms with Crippen molar-refractivity contribution < 1.29 is 4.39 Å². The standard InChI is InChI=1S/C26H35FN8/c1-26(27)10-19(11-26)13-32-12-18-7-8-25-33-21(16-34(25)15-18)9-20(31-3)17-35(29)24-6-4-5-23(28)22(24)14-30-2/h4-8,14-15,17,19,21,32H,3,9-13,16,28-29H2,1-2H3/b20-17-,30-14-. The lowest BCUT2D eigenvalue weighted by atomic mass is 9.73. The number of amidine groups is 1. The number of anilines is 2. The second-order valence-electron chi connectivity index (χ2n) is 9.71. The molecule has 4 rings (SSSR count). The van der Waals surface area contributed by atoms with Gasteiger partial charge in [-0.3, -0.25) is 20.0 Å². The molecule has 1 saturated carbocycles. The third kappa shape index (κ3) is 6.04. The summed E-state index contributed by atoms with van der Waals surface area (Å²) in [7, 11) is 1.69. The second-order valence-corrected chi connectivity index (χ2v) is 9.71. The van der Waals surface area contributed by atoms with Crippen molar-refractivity contribution in [3.8, 4) is 0 Å².